The molecule has 1 aromatic rings. The number of nitrogens with two attached hydrogens (primary N) is 1. The maximum atomic E-state index is 5.70. The number of hydrogen-bond donors (Lipinski definition) is 3. The SMILES string of the molecule is NCCCCN(C[C@@H]1CNCCN1)[C@H]1CCCc2cccnc21. The van der Waals surface area contributed by atoms with E-state index in [4.69, 9.17) is 10.7 Å². The van der Waals surface area contributed by atoms with Crippen molar-refractivity contribution in [2.24, 2.45) is 5.73 Å². The Kier molecular flexibility index (Phi) is 6.39. The highest BCUT2D eigenvalue weighted by molar-refractivity contribution is 5.25. The summed E-state index contributed by atoms with van der Waals surface area (Å²) in [6, 6.07) is 5.34. The average Bonchev–Trinajstić information content (AvgIpc) is 2.61. The Balaban J connectivity index is 1.71. The van der Waals surface area contributed by atoms with Crippen LogP contribution < -0.4 is 16.4 Å². The van der Waals surface area contributed by atoms with Gasteiger partial charge in [-0.05, 0) is 56.8 Å². The van der Waals surface area contributed by atoms with Crippen LogP contribution >= 0.6 is 0 Å². The minimum Gasteiger partial charge on any atom is -0.330 e. The van der Waals surface area contributed by atoms with Crippen LogP contribution in [-0.4, -0.2) is 55.2 Å². The molecule has 3 rings (SSSR count). The number of fused-ring (bicyclic) bond motifs is 1. The fraction of sp³-hybridized carbons (Fsp3) is 0.722. The first-order chi connectivity index (χ1) is 11.4. The van der Waals surface area contributed by atoms with E-state index in [0.29, 0.717) is 12.1 Å². The van der Waals surface area contributed by atoms with E-state index in [9.17, 15) is 0 Å². The number of aromatic nitrogens is 1. The Labute approximate surface area is 140 Å². The minimum atomic E-state index is 0.474. The van der Waals surface area contributed by atoms with E-state index in [2.05, 4.69) is 27.7 Å². The van der Waals surface area contributed by atoms with Crippen molar-refractivity contribution in [2.45, 2.75) is 44.2 Å². The van der Waals surface area contributed by atoms with Gasteiger partial charge in [0.2, 0.25) is 0 Å². The number of hydrogen-bond acceptors (Lipinski definition) is 5. The zero-order valence-electron chi connectivity index (χ0n) is 14.1. The van der Waals surface area contributed by atoms with Gasteiger partial charge in [0.15, 0.2) is 0 Å². The lowest BCUT2D eigenvalue weighted by Gasteiger charge is -2.38. The van der Waals surface area contributed by atoms with Crippen molar-refractivity contribution < 1.29 is 0 Å². The van der Waals surface area contributed by atoms with Gasteiger partial charge in [0.1, 0.15) is 0 Å². The Morgan fingerprint density at radius 3 is 3.09 bits per heavy atom. The fourth-order valence-electron chi connectivity index (χ4n) is 3.90. The number of aryl methyl sites for hydroxylation is 1. The lowest BCUT2D eigenvalue weighted by Crippen LogP contribution is -2.54. The van der Waals surface area contributed by atoms with Crippen LogP contribution in [0.25, 0.3) is 0 Å². The van der Waals surface area contributed by atoms with Crippen molar-refractivity contribution in [3.8, 4) is 0 Å². The van der Waals surface area contributed by atoms with E-state index in [-0.39, 0.29) is 0 Å². The van der Waals surface area contributed by atoms with E-state index in [1.807, 2.05) is 6.20 Å². The second-order valence-electron chi connectivity index (χ2n) is 6.80. The summed E-state index contributed by atoms with van der Waals surface area (Å²) in [5, 5.41) is 7.16. The number of nitrogens with one attached hydrogen (secondary N) is 2. The average molecular weight is 317 g/mol. The topological polar surface area (TPSA) is 66.2 Å². The zero-order valence-corrected chi connectivity index (χ0v) is 14.1. The number of nitrogens with zero attached hydrogens (tertiary/aromatic N) is 2. The molecule has 0 spiro atoms. The molecule has 5 heteroatoms. The Morgan fingerprint density at radius 2 is 2.26 bits per heavy atom. The van der Waals surface area contributed by atoms with E-state index in [1.54, 1.807) is 0 Å². The predicted molar refractivity (Wildman–Crippen MR) is 94.4 cm³/mol. The van der Waals surface area contributed by atoms with E-state index in [1.165, 1.54) is 36.9 Å². The summed E-state index contributed by atoms with van der Waals surface area (Å²) in [5.41, 5.74) is 8.46. The summed E-state index contributed by atoms with van der Waals surface area (Å²) in [6.07, 6.45) is 7.92. The standard InChI is InChI=1S/C18H31N5/c19-8-1-2-12-23(14-16-13-20-10-11-21-16)17-7-3-5-15-6-4-9-22-18(15)17/h4,6,9,16-17,20-21H,1-3,5,7-8,10-14,19H2/t16-,17-/m0/s1. The van der Waals surface area contributed by atoms with Crippen LogP contribution in [0.3, 0.4) is 0 Å². The largest absolute Gasteiger partial charge is 0.330 e. The molecule has 1 aliphatic heterocycles. The molecular weight excluding hydrogens is 286 g/mol. The molecule has 5 nitrogen and oxygen atoms in total. The lowest BCUT2D eigenvalue weighted by molar-refractivity contribution is 0.148. The van der Waals surface area contributed by atoms with Gasteiger partial charge in [-0.25, -0.2) is 0 Å². The van der Waals surface area contributed by atoms with Gasteiger partial charge >= 0.3 is 0 Å². The van der Waals surface area contributed by atoms with Crippen LogP contribution in [-0.2, 0) is 6.42 Å². The monoisotopic (exact) mass is 317 g/mol. The van der Waals surface area contributed by atoms with E-state index >= 15 is 0 Å². The minimum absolute atomic E-state index is 0.474. The molecule has 23 heavy (non-hydrogen) atoms. The summed E-state index contributed by atoms with van der Waals surface area (Å²) in [7, 11) is 0. The van der Waals surface area contributed by atoms with Gasteiger partial charge in [-0.1, -0.05) is 6.07 Å². The molecule has 0 radical (unpaired) electrons. The van der Waals surface area contributed by atoms with Crippen molar-refractivity contribution in [3.63, 3.8) is 0 Å². The molecule has 2 heterocycles. The quantitative estimate of drug-likeness (QED) is 0.656. The molecule has 0 unspecified atom stereocenters. The second-order valence-corrected chi connectivity index (χ2v) is 6.80. The van der Waals surface area contributed by atoms with Gasteiger partial charge in [0, 0.05) is 38.4 Å². The van der Waals surface area contributed by atoms with Crippen molar-refractivity contribution in [2.75, 3.05) is 39.3 Å². The first-order valence-electron chi connectivity index (χ1n) is 9.20. The molecule has 0 aromatic carbocycles. The van der Waals surface area contributed by atoms with Crippen LogP contribution in [0.1, 0.15) is 43.0 Å². The summed E-state index contributed by atoms with van der Waals surface area (Å²) < 4.78 is 0. The van der Waals surface area contributed by atoms with Gasteiger partial charge in [0.05, 0.1) is 11.7 Å². The van der Waals surface area contributed by atoms with Crippen molar-refractivity contribution in [1.29, 1.82) is 0 Å². The van der Waals surface area contributed by atoms with Crippen LogP contribution in [0, 0.1) is 0 Å². The molecule has 1 fully saturated rings. The summed E-state index contributed by atoms with van der Waals surface area (Å²) in [4.78, 5) is 7.40. The molecule has 1 aliphatic carbocycles. The molecule has 1 aromatic heterocycles. The molecule has 2 aliphatic rings. The van der Waals surface area contributed by atoms with Crippen LogP contribution in [0.4, 0.5) is 0 Å². The van der Waals surface area contributed by atoms with E-state index in [0.717, 1.165) is 45.7 Å². The third-order valence-corrected chi connectivity index (χ3v) is 5.09. The number of piperazine rings is 1. The van der Waals surface area contributed by atoms with Crippen molar-refractivity contribution in [1.82, 2.24) is 20.5 Å². The lowest BCUT2D eigenvalue weighted by atomic mass is 9.90. The second kappa shape index (κ2) is 8.73. The molecule has 2 atom stereocenters. The van der Waals surface area contributed by atoms with Crippen LogP contribution in [0.2, 0.25) is 0 Å². The highest BCUT2D eigenvalue weighted by Gasteiger charge is 2.28. The first kappa shape index (κ1) is 16.8. The van der Waals surface area contributed by atoms with Gasteiger partial charge in [0.25, 0.3) is 0 Å². The number of unbranched alkanes of at least 4 members (excludes halogenated alkanes) is 1. The van der Waals surface area contributed by atoms with Gasteiger partial charge < -0.3 is 16.4 Å². The Hall–Kier alpha value is -1.01. The third-order valence-electron chi connectivity index (χ3n) is 5.09. The highest BCUT2D eigenvalue weighted by Crippen LogP contribution is 2.33. The van der Waals surface area contributed by atoms with Gasteiger partial charge in [-0.2, -0.15) is 0 Å². The maximum Gasteiger partial charge on any atom is 0.0607 e. The summed E-state index contributed by atoms with van der Waals surface area (Å²) >= 11 is 0. The molecule has 4 N–H and O–H groups in total. The molecule has 1 saturated heterocycles. The third kappa shape index (κ3) is 4.51. The normalized spacial score (nSPS) is 24.6. The Morgan fingerprint density at radius 1 is 1.30 bits per heavy atom. The zero-order chi connectivity index (χ0) is 15.9. The van der Waals surface area contributed by atoms with Gasteiger partial charge in [-0.15, -0.1) is 0 Å². The summed E-state index contributed by atoms with van der Waals surface area (Å²) in [5.74, 6) is 0. The summed E-state index contributed by atoms with van der Waals surface area (Å²) in [6.45, 7) is 6.22. The maximum absolute atomic E-state index is 5.70. The number of pyridine rings is 1. The molecule has 128 valence electrons. The van der Waals surface area contributed by atoms with Crippen LogP contribution in [0.15, 0.2) is 18.3 Å². The number of rotatable bonds is 7. The van der Waals surface area contributed by atoms with Crippen molar-refractivity contribution in [3.05, 3.63) is 29.6 Å². The van der Waals surface area contributed by atoms with Crippen LogP contribution in [0.5, 0.6) is 0 Å². The van der Waals surface area contributed by atoms with Crippen molar-refractivity contribution >= 4 is 0 Å². The molecule has 0 saturated carbocycles. The fourth-order valence-corrected chi connectivity index (χ4v) is 3.90. The highest BCUT2D eigenvalue weighted by atomic mass is 15.2. The first-order valence-corrected chi connectivity index (χ1v) is 9.20. The molecule has 0 bridgehead atoms. The molecule has 0 amide bonds. The smallest absolute Gasteiger partial charge is 0.0607 e. The van der Waals surface area contributed by atoms with Gasteiger partial charge in [-0.3, -0.25) is 9.88 Å². The molecular formula is C18H31N5. The van der Waals surface area contributed by atoms with E-state index < -0.39 is 0 Å². The predicted octanol–water partition coefficient (Wildman–Crippen LogP) is 1.06. The Bertz CT molecular complexity index is 472.